The summed E-state index contributed by atoms with van der Waals surface area (Å²) in [6.07, 6.45) is 0. The molecule has 132 valence electrons. The smallest absolute Gasteiger partial charge is 0.293 e. The molecule has 2 N–H and O–H groups in total. The van der Waals surface area contributed by atoms with Crippen molar-refractivity contribution < 1.29 is 9.21 Å². The second kappa shape index (κ2) is 7.72. The maximum atomic E-state index is 12.3. The summed E-state index contributed by atoms with van der Waals surface area (Å²) in [7, 11) is 0. The van der Waals surface area contributed by atoms with Crippen LogP contribution >= 0.6 is 23.8 Å². The molecule has 0 radical (unpaired) electrons. The van der Waals surface area contributed by atoms with E-state index in [0.29, 0.717) is 10.8 Å². The highest BCUT2D eigenvalue weighted by molar-refractivity contribution is 7.80. The van der Waals surface area contributed by atoms with Crippen molar-refractivity contribution in [3.8, 4) is 11.3 Å². The standard InChI is InChI=1S/C20H17ClN2O2S/c1-12-9-13(2)11-16(10-12)22-20(26)23-19(24)18-8-7-17(25-18)14-3-5-15(21)6-4-14/h3-11H,1-2H3,(H2,22,23,24,26). The van der Waals surface area contributed by atoms with Crippen molar-refractivity contribution in [3.05, 3.63) is 76.5 Å². The Morgan fingerprint density at radius 1 is 1.00 bits per heavy atom. The number of furan rings is 1. The predicted molar refractivity (Wildman–Crippen MR) is 109 cm³/mol. The summed E-state index contributed by atoms with van der Waals surface area (Å²) >= 11 is 11.1. The van der Waals surface area contributed by atoms with Gasteiger partial charge in [-0.15, -0.1) is 0 Å². The molecule has 3 aromatic rings. The Hall–Kier alpha value is -2.63. The number of carbonyl (C=O) groups is 1. The maximum Gasteiger partial charge on any atom is 0.293 e. The van der Waals surface area contributed by atoms with Gasteiger partial charge in [0.05, 0.1) is 0 Å². The molecule has 0 saturated carbocycles. The van der Waals surface area contributed by atoms with Crippen molar-refractivity contribution in [2.24, 2.45) is 0 Å². The molecule has 1 heterocycles. The third kappa shape index (κ3) is 4.50. The first-order valence-corrected chi connectivity index (χ1v) is 8.76. The van der Waals surface area contributed by atoms with Gasteiger partial charge in [0, 0.05) is 16.3 Å². The Morgan fingerprint density at radius 3 is 2.31 bits per heavy atom. The number of benzene rings is 2. The van der Waals surface area contributed by atoms with Crippen LogP contribution in [0.5, 0.6) is 0 Å². The van der Waals surface area contributed by atoms with E-state index in [0.717, 1.165) is 22.4 Å². The molecule has 0 aliphatic carbocycles. The van der Waals surface area contributed by atoms with E-state index >= 15 is 0 Å². The molecule has 1 aromatic heterocycles. The minimum atomic E-state index is -0.410. The van der Waals surface area contributed by atoms with Crippen molar-refractivity contribution in [3.63, 3.8) is 0 Å². The summed E-state index contributed by atoms with van der Waals surface area (Å²) < 4.78 is 5.62. The first-order chi connectivity index (χ1) is 12.4. The highest BCUT2D eigenvalue weighted by Crippen LogP contribution is 2.23. The molecule has 0 spiro atoms. The third-order valence-corrected chi connectivity index (χ3v) is 4.12. The highest BCUT2D eigenvalue weighted by Gasteiger charge is 2.14. The molecule has 26 heavy (non-hydrogen) atoms. The topological polar surface area (TPSA) is 54.3 Å². The fourth-order valence-electron chi connectivity index (χ4n) is 2.60. The van der Waals surface area contributed by atoms with Crippen LogP contribution in [0, 0.1) is 13.8 Å². The van der Waals surface area contributed by atoms with Gasteiger partial charge in [-0.05, 0) is 85.7 Å². The van der Waals surface area contributed by atoms with Crippen LogP contribution < -0.4 is 10.6 Å². The van der Waals surface area contributed by atoms with Gasteiger partial charge >= 0.3 is 0 Å². The van der Waals surface area contributed by atoms with Crippen LogP contribution in [0.4, 0.5) is 5.69 Å². The number of nitrogens with one attached hydrogen (secondary N) is 2. The Balaban J connectivity index is 1.66. The first-order valence-electron chi connectivity index (χ1n) is 7.97. The molecule has 2 aromatic carbocycles. The van der Waals surface area contributed by atoms with Gasteiger partial charge in [0.1, 0.15) is 5.76 Å². The lowest BCUT2D eigenvalue weighted by atomic mass is 10.1. The summed E-state index contributed by atoms with van der Waals surface area (Å²) in [5.74, 6) is 0.353. The summed E-state index contributed by atoms with van der Waals surface area (Å²) in [6.45, 7) is 4.00. The molecular formula is C20H17ClN2O2S. The number of hydrogen-bond donors (Lipinski definition) is 2. The Morgan fingerprint density at radius 2 is 1.65 bits per heavy atom. The molecule has 0 atom stereocenters. The van der Waals surface area contributed by atoms with Gasteiger partial charge in [-0.2, -0.15) is 0 Å². The van der Waals surface area contributed by atoms with Gasteiger partial charge in [-0.1, -0.05) is 17.7 Å². The minimum Gasteiger partial charge on any atom is -0.451 e. The predicted octanol–water partition coefficient (Wildman–Crippen LogP) is 5.34. The van der Waals surface area contributed by atoms with Gasteiger partial charge in [-0.3, -0.25) is 10.1 Å². The van der Waals surface area contributed by atoms with Crippen molar-refractivity contribution in [1.29, 1.82) is 0 Å². The largest absolute Gasteiger partial charge is 0.451 e. The lowest BCUT2D eigenvalue weighted by molar-refractivity contribution is 0.0951. The minimum absolute atomic E-state index is 0.180. The van der Waals surface area contributed by atoms with E-state index in [1.165, 1.54) is 0 Å². The molecule has 4 nitrogen and oxygen atoms in total. The molecule has 6 heteroatoms. The second-order valence-corrected chi connectivity index (χ2v) is 6.80. The number of carbonyl (C=O) groups excluding carboxylic acids is 1. The fraction of sp³-hybridized carbons (Fsp3) is 0.100. The van der Waals surface area contributed by atoms with Crippen LogP contribution in [-0.2, 0) is 0 Å². The van der Waals surface area contributed by atoms with Gasteiger partial charge in [0.25, 0.3) is 5.91 Å². The van der Waals surface area contributed by atoms with E-state index in [4.69, 9.17) is 28.2 Å². The summed E-state index contributed by atoms with van der Waals surface area (Å²) in [5, 5.41) is 6.49. The van der Waals surface area contributed by atoms with E-state index in [9.17, 15) is 4.79 Å². The number of rotatable bonds is 3. The van der Waals surface area contributed by atoms with E-state index in [1.807, 2.05) is 38.1 Å². The van der Waals surface area contributed by atoms with Crippen LogP contribution in [0.25, 0.3) is 11.3 Å². The molecule has 0 saturated heterocycles. The number of thiocarbonyl (C=S) groups is 1. The first kappa shape index (κ1) is 18.2. The zero-order chi connectivity index (χ0) is 18.7. The zero-order valence-corrected chi connectivity index (χ0v) is 15.9. The maximum absolute atomic E-state index is 12.3. The van der Waals surface area contributed by atoms with Gasteiger partial charge < -0.3 is 9.73 Å². The summed E-state index contributed by atoms with van der Waals surface area (Å²) in [5.41, 5.74) is 3.89. The third-order valence-electron chi connectivity index (χ3n) is 3.67. The fourth-order valence-corrected chi connectivity index (χ4v) is 2.94. The molecular weight excluding hydrogens is 368 g/mol. The molecule has 1 amide bonds. The Bertz CT molecular complexity index is 944. The lowest BCUT2D eigenvalue weighted by Crippen LogP contribution is -2.33. The van der Waals surface area contributed by atoms with Crippen LogP contribution in [0.3, 0.4) is 0 Å². The van der Waals surface area contributed by atoms with Crippen LogP contribution in [0.2, 0.25) is 5.02 Å². The number of amides is 1. The highest BCUT2D eigenvalue weighted by atomic mass is 35.5. The lowest BCUT2D eigenvalue weighted by Gasteiger charge is -2.10. The quantitative estimate of drug-likeness (QED) is 0.598. The Kier molecular flexibility index (Phi) is 5.40. The van der Waals surface area contributed by atoms with E-state index in [1.54, 1.807) is 24.3 Å². The van der Waals surface area contributed by atoms with Crippen LogP contribution in [0.1, 0.15) is 21.7 Å². The van der Waals surface area contributed by atoms with Crippen molar-refractivity contribution in [1.82, 2.24) is 5.32 Å². The number of anilines is 1. The van der Waals surface area contributed by atoms with Crippen molar-refractivity contribution >= 4 is 40.5 Å². The van der Waals surface area contributed by atoms with Gasteiger partial charge in [-0.25, -0.2) is 0 Å². The monoisotopic (exact) mass is 384 g/mol. The Labute approximate surface area is 162 Å². The molecule has 0 aliphatic heterocycles. The molecule has 0 fully saturated rings. The average Bonchev–Trinajstić information content (AvgIpc) is 3.04. The SMILES string of the molecule is Cc1cc(C)cc(NC(=S)NC(=O)c2ccc(-c3ccc(Cl)cc3)o2)c1. The van der Waals surface area contributed by atoms with Gasteiger partial charge in [0.2, 0.25) is 0 Å². The zero-order valence-electron chi connectivity index (χ0n) is 14.3. The summed E-state index contributed by atoms with van der Waals surface area (Å²) in [4.78, 5) is 12.3. The molecule has 0 aliphatic rings. The normalized spacial score (nSPS) is 10.4. The molecule has 3 rings (SSSR count). The summed E-state index contributed by atoms with van der Waals surface area (Å²) in [6, 6.07) is 16.5. The number of halogens is 1. The van der Waals surface area contributed by atoms with Crippen molar-refractivity contribution in [2.45, 2.75) is 13.8 Å². The van der Waals surface area contributed by atoms with E-state index in [-0.39, 0.29) is 10.9 Å². The number of hydrogen-bond acceptors (Lipinski definition) is 3. The second-order valence-electron chi connectivity index (χ2n) is 5.96. The molecule has 0 unspecified atom stereocenters. The van der Waals surface area contributed by atoms with Crippen LogP contribution in [-0.4, -0.2) is 11.0 Å². The van der Waals surface area contributed by atoms with Crippen molar-refractivity contribution in [2.75, 3.05) is 5.32 Å². The van der Waals surface area contributed by atoms with Gasteiger partial charge in [0.15, 0.2) is 10.9 Å². The average molecular weight is 385 g/mol. The van der Waals surface area contributed by atoms with E-state index in [2.05, 4.69) is 16.7 Å². The van der Waals surface area contributed by atoms with E-state index < -0.39 is 5.91 Å². The van der Waals surface area contributed by atoms with Crippen LogP contribution in [0.15, 0.2) is 59.0 Å². The number of aryl methyl sites for hydroxylation is 2. The molecule has 0 bridgehead atoms.